The first-order chi connectivity index (χ1) is 12.9. The maximum Gasteiger partial charge on any atom is -0.0251 e. The van der Waals surface area contributed by atoms with E-state index in [1.165, 1.54) is 22.3 Å². The molecule has 0 aromatic heterocycles. The van der Waals surface area contributed by atoms with E-state index in [4.69, 9.17) is 0 Å². The molecule has 3 aromatic carbocycles. The van der Waals surface area contributed by atoms with Gasteiger partial charge in [-0.1, -0.05) is 127 Å². The van der Waals surface area contributed by atoms with E-state index in [-0.39, 0.29) is 0 Å². The molecule has 0 N–H and O–H groups in total. The third-order valence-electron chi connectivity index (χ3n) is 3.89. The van der Waals surface area contributed by atoms with Crippen molar-refractivity contribution in [2.75, 3.05) is 0 Å². The van der Waals surface area contributed by atoms with Gasteiger partial charge in [0.25, 0.3) is 0 Å². The van der Waals surface area contributed by atoms with E-state index in [9.17, 15) is 0 Å². The van der Waals surface area contributed by atoms with Crippen LogP contribution >= 0.6 is 0 Å². The maximum absolute atomic E-state index is 2.18. The monoisotopic (exact) mass is 334 g/mol. The summed E-state index contributed by atoms with van der Waals surface area (Å²) >= 11 is 0. The fourth-order valence-electron chi connectivity index (χ4n) is 2.56. The highest BCUT2D eigenvalue weighted by atomic mass is 13.9. The Hall–Kier alpha value is -3.38. The van der Waals surface area contributed by atoms with Crippen molar-refractivity contribution in [2.24, 2.45) is 0 Å². The highest BCUT2D eigenvalue weighted by Crippen LogP contribution is 2.10. The fraction of sp³-hybridized carbons (Fsp3) is 0. The lowest BCUT2D eigenvalue weighted by molar-refractivity contribution is 1.61. The summed E-state index contributed by atoms with van der Waals surface area (Å²) in [5.74, 6) is 0. The largest absolute Gasteiger partial charge is 0.0622 e. The van der Waals surface area contributed by atoms with Crippen LogP contribution in [0.2, 0.25) is 0 Å². The van der Waals surface area contributed by atoms with E-state index in [2.05, 4.69) is 97.1 Å². The van der Waals surface area contributed by atoms with Gasteiger partial charge in [0.2, 0.25) is 0 Å². The number of benzene rings is 3. The molecule has 0 saturated carbocycles. The van der Waals surface area contributed by atoms with Crippen molar-refractivity contribution in [3.63, 3.8) is 0 Å². The Labute approximate surface area is 156 Å². The van der Waals surface area contributed by atoms with E-state index in [0.29, 0.717) is 0 Å². The predicted octanol–water partition coefficient (Wildman–Crippen LogP) is 7.14. The molecule has 0 fully saturated rings. The zero-order valence-electron chi connectivity index (χ0n) is 14.7. The molecule has 0 amide bonds. The normalized spacial score (nSPS) is 12.0. The van der Waals surface area contributed by atoms with Crippen LogP contribution < -0.4 is 0 Å². The van der Waals surface area contributed by atoms with Crippen LogP contribution in [-0.4, -0.2) is 0 Å². The highest BCUT2D eigenvalue weighted by Gasteiger charge is 1.89. The smallest absolute Gasteiger partial charge is 0.0251 e. The van der Waals surface area contributed by atoms with Gasteiger partial charge in [-0.25, -0.2) is 0 Å². The van der Waals surface area contributed by atoms with Gasteiger partial charge >= 0.3 is 0 Å². The van der Waals surface area contributed by atoms with Crippen molar-refractivity contribution < 1.29 is 0 Å². The van der Waals surface area contributed by atoms with E-state index in [1.54, 1.807) is 0 Å². The lowest BCUT2D eigenvalue weighted by Crippen LogP contribution is -1.75. The summed E-state index contributed by atoms with van der Waals surface area (Å²) in [7, 11) is 0. The number of hydrogen-bond donors (Lipinski definition) is 0. The minimum Gasteiger partial charge on any atom is -0.0622 e. The number of rotatable bonds is 6. The number of hydrogen-bond acceptors (Lipinski definition) is 0. The first-order valence-electron chi connectivity index (χ1n) is 8.80. The van der Waals surface area contributed by atoms with E-state index < -0.39 is 0 Å². The van der Waals surface area contributed by atoms with Crippen LogP contribution in [0.15, 0.2) is 109 Å². The molecule has 0 nitrogen and oxygen atoms in total. The predicted molar refractivity (Wildman–Crippen MR) is 115 cm³/mol. The molecule has 0 aliphatic carbocycles. The summed E-state index contributed by atoms with van der Waals surface area (Å²) in [6.07, 6.45) is 16.7. The van der Waals surface area contributed by atoms with Gasteiger partial charge in [-0.15, -0.1) is 0 Å². The zero-order chi connectivity index (χ0) is 17.9. The Kier molecular flexibility index (Phi) is 6.58. The Morgan fingerprint density at radius 1 is 0.346 bits per heavy atom. The first-order valence-corrected chi connectivity index (χ1v) is 8.80. The molecule has 0 aliphatic heterocycles. The molecule has 3 rings (SSSR count). The van der Waals surface area contributed by atoms with Crippen LogP contribution in [0.3, 0.4) is 0 Å². The summed E-state index contributed by atoms with van der Waals surface area (Å²) < 4.78 is 0. The average molecular weight is 334 g/mol. The van der Waals surface area contributed by atoms with Crippen LogP contribution in [0, 0.1) is 0 Å². The van der Waals surface area contributed by atoms with Crippen LogP contribution in [0.1, 0.15) is 22.3 Å². The molecule has 0 aliphatic rings. The quantitative estimate of drug-likeness (QED) is 0.420. The minimum atomic E-state index is 1.19. The Morgan fingerprint density at radius 2 is 0.692 bits per heavy atom. The van der Waals surface area contributed by atoms with Crippen molar-refractivity contribution in [1.29, 1.82) is 0 Å². The van der Waals surface area contributed by atoms with Gasteiger partial charge in [0.05, 0.1) is 0 Å². The summed E-state index contributed by atoms with van der Waals surface area (Å²) in [6, 6.07) is 29.1. The zero-order valence-corrected chi connectivity index (χ0v) is 14.7. The molecule has 126 valence electrons. The van der Waals surface area contributed by atoms with Gasteiger partial charge in [-0.3, -0.25) is 0 Å². The van der Waals surface area contributed by atoms with Gasteiger partial charge in [0, 0.05) is 0 Å². The van der Waals surface area contributed by atoms with Crippen LogP contribution in [0.4, 0.5) is 0 Å². The molecule has 0 heteroatoms. The SMILES string of the molecule is C(=Cc1cccc(C=C/C=C/c2ccccc2)c1)/C=C/c1ccccc1. The van der Waals surface area contributed by atoms with Crippen molar-refractivity contribution >= 4 is 24.3 Å². The Morgan fingerprint density at radius 3 is 1.12 bits per heavy atom. The van der Waals surface area contributed by atoms with Gasteiger partial charge in [0.1, 0.15) is 0 Å². The lowest BCUT2D eigenvalue weighted by atomic mass is 10.1. The molecular weight excluding hydrogens is 312 g/mol. The minimum absolute atomic E-state index is 1.19. The van der Waals surface area contributed by atoms with Crippen LogP contribution in [-0.2, 0) is 0 Å². The third-order valence-corrected chi connectivity index (χ3v) is 3.89. The molecular formula is C26H22. The molecule has 0 radical (unpaired) electrons. The summed E-state index contributed by atoms with van der Waals surface area (Å²) in [5.41, 5.74) is 4.80. The van der Waals surface area contributed by atoms with Crippen molar-refractivity contribution in [2.45, 2.75) is 0 Å². The van der Waals surface area contributed by atoms with E-state index in [0.717, 1.165) is 0 Å². The second kappa shape index (κ2) is 9.80. The molecule has 0 bridgehead atoms. The second-order valence-corrected chi connectivity index (χ2v) is 5.93. The topological polar surface area (TPSA) is 0 Å². The Balaban J connectivity index is 1.59. The average Bonchev–Trinajstić information content (AvgIpc) is 2.71. The molecule has 3 aromatic rings. The number of allylic oxidation sites excluding steroid dienone is 4. The van der Waals surface area contributed by atoms with E-state index in [1.807, 2.05) is 36.4 Å². The maximum atomic E-state index is 2.18. The molecule has 0 unspecified atom stereocenters. The van der Waals surface area contributed by atoms with Crippen molar-refractivity contribution in [3.8, 4) is 0 Å². The van der Waals surface area contributed by atoms with Crippen LogP contribution in [0.25, 0.3) is 24.3 Å². The van der Waals surface area contributed by atoms with Gasteiger partial charge < -0.3 is 0 Å². The standard InChI is InChI=1S/C26H22/c1-3-12-23(13-4-1)16-7-9-18-25-20-11-21-26(22-25)19-10-8-17-24-14-5-2-6-15-24/h1-22H/b16-7+,17-8+,18-9?,19-10?. The van der Waals surface area contributed by atoms with Crippen molar-refractivity contribution in [3.05, 3.63) is 131 Å². The summed E-state index contributed by atoms with van der Waals surface area (Å²) in [5, 5.41) is 0. The molecule has 0 saturated heterocycles. The van der Waals surface area contributed by atoms with Gasteiger partial charge in [-0.2, -0.15) is 0 Å². The molecule has 0 heterocycles. The van der Waals surface area contributed by atoms with Crippen LogP contribution in [0.5, 0.6) is 0 Å². The highest BCUT2D eigenvalue weighted by molar-refractivity contribution is 5.62. The lowest BCUT2D eigenvalue weighted by Gasteiger charge is -1.96. The second-order valence-electron chi connectivity index (χ2n) is 5.93. The first kappa shape index (κ1) is 17.4. The molecule has 26 heavy (non-hydrogen) atoms. The third kappa shape index (κ3) is 5.92. The van der Waals surface area contributed by atoms with Crippen molar-refractivity contribution in [1.82, 2.24) is 0 Å². The molecule has 0 spiro atoms. The summed E-state index contributed by atoms with van der Waals surface area (Å²) in [6.45, 7) is 0. The Bertz CT molecular complexity index is 836. The summed E-state index contributed by atoms with van der Waals surface area (Å²) in [4.78, 5) is 0. The van der Waals surface area contributed by atoms with Gasteiger partial charge in [0.15, 0.2) is 0 Å². The van der Waals surface area contributed by atoms with E-state index >= 15 is 0 Å². The van der Waals surface area contributed by atoms with Gasteiger partial charge in [-0.05, 0) is 28.3 Å². The fourth-order valence-corrected chi connectivity index (χ4v) is 2.56. The molecule has 0 atom stereocenters.